The largest absolute Gasteiger partial charge is 0.362 e. The molecule has 1 atom stereocenters. The van der Waals surface area contributed by atoms with Gasteiger partial charge >= 0.3 is 0 Å². The average Bonchev–Trinajstić information content (AvgIpc) is 2.13. The molecule has 1 amide bonds. The molecule has 0 aromatic rings. The molecule has 94 valence electrons. The van der Waals surface area contributed by atoms with Crippen molar-refractivity contribution in [3.63, 3.8) is 0 Å². The number of hydrogen-bond donors (Lipinski definition) is 3. The molecule has 3 N–H and O–H groups in total. The number of thiocarbonyl (C=S) groups is 1. The lowest BCUT2D eigenvalue weighted by Crippen LogP contribution is -2.50. The Labute approximate surface area is 104 Å². The van der Waals surface area contributed by atoms with Crippen molar-refractivity contribution in [2.24, 2.45) is 5.92 Å². The molecule has 0 bridgehead atoms. The third kappa shape index (κ3) is 7.45. The van der Waals surface area contributed by atoms with E-state index in [9.17, 15) is 4.79 Å². The molecule has 0 aliphatic heterocycles. The minimum Gasteiger partial charge on any atom is -0.362 e. The van der Waals surface area contributed by atoms with Gasteiger partial charge in [0.15, 0.2) is 5.11 Å². The van der Waals surface area contributed by atoms with E-state index in [2.05, 4.69) is 29.8 Å². The van der Waals surface area contributed by atoms with Crippen molar-refractivity contribution in [2.75, 3.05) is 6.54 Å². The first-order valence-corrected chi connectivity index (χ1v) is 6.08. The van der Waals surface area contributed by atoms with Gasteiger partial charge in [-0.15, -0.1) is 0 Å². The van der Waals surface area contributed by atoms with Gasteiger partial charge in [-0.05, 0) is 38.9 Å². The summed E-state index contributed by atoms with van der Waals surface area (Å²) < 4.78 is 0. The van der Waals surface area contributed by atoms with Gasteiger partial charge in [0.1, 0.15) is 6.04 Å². The van der Waals surface area contributed by atoms with Crippen LogP contribution in [0.2, 0.25) is 0 Å². The van der Waals surface area contributed by atoms with E-state index in [1.54, 1.807) is 6.92 Å². The van der Waals surface area contributed by atoms with Crippen LogP contribution in [0.1, 0.15) is 34.6 Å². The van der Waals surface area contributed by atoms with Crippen molar-refractivity contribution in [3.05, 3.63) is 0 Å². The van der Waals surface area contributed by atoms with Gasteiger partial charge in [-0.3, -0.25) is 4.79 Å². The van der Waals surface area contributed by atoms with Crippen molar-refractivity contribution >= 4 is 23.2 Å². The first-order valence-electron chi connectivity index (χ1n) is 5.67. The van der Waals surface area contributed by atoms with E-state index in [0.29, 0.717) is 11.0 Å². The highest BCUT2D eigenvalue weighted by molar-refractivity contribution is 7.80. The molecule has 0 aromatic heterocycles. The molecule has 4 nitrogen and oxygen atoms in total. The van der Waals surface area contributed by atoms with Gasteiger partial charge in [0, 0.05) is 12.6 Å². The Morgan fingerprint density at radius 2 is 1.69 bits per heavy atom. The smallest absolute Gasteiger partial charge is 0.242 e. The van der Waals surface area contributed by atoms with Crippen LogP contribution in [0.5, 0.6) is 0 Å². The summed E-state index contributed by atoms with van der Waals surface area (Å²) in [5.41, 5.74) is 0. The summed E-state index contributed by atoms with van der Waals surface area (Å²) in [6, 6.07) is -0.163. The van der Waals surface area contributed by atoms with E-state index >= 15 is 0 Å². The zero-order valence-electron chi connectivity index (χ0n) is 10.8. The van der Waals surface area contributed by atoms with Crippen LogP contribution in [0.4, 0.5) is 0 Å². The zero-order chi connectivity index (χ0) is 12.7. The second-order valence-electron chi connectivity index (χ2n) is 4.63. The second-order valence-corrected chi connectivity index (χ2v) is 5.04. The predicted octanol–water partition coefficient (Wildman–Crippen LogP) is 1.02. The summed E-state index contributed by atoms with van der Waals surface area (Å²) in [5.74, 6) is 0.489. The molecule has 0 saturated carbocycles. The van der Waals surface area contributed by atoms with Crippen molar-refractivity contribution in [2.45, 2.75) is 46.7 Å². The summed E-state index contributed by atoms with van der Waals surface area (Å²) >= 11 is 5.08. The number of carbonyl (C=O) groups excluding carboxylic acids is 1. The van der Waals surface area contributed by atoms with Crippen molar-refractivity contribution in [1.29, 1.82) is 0 Å². The molecular weight excluding hydrogens is 222 g/mol. The fraction of sp³-hybridized carbons (Fsp3) is 0.818. The van der Waals surface area contributed by atoms with Gasteiger partial charge in [0.25, 0.3) is 0 Å². The molecule has 1 unspecified atom stereocenters. The Balaban J connectivity index is 3.90. The molecular formula is C11H23N3OS. The fourth-order valence-corrected chi connectivity index (χ4v) is 1.28. The number of rotatable bonds is 5. The maximum absolute atomic E-state index is 11.6. The van der Waals surface area contributed by atoms with Gasteiger partial charge in [-0.1, -0.05) is 13.8 Å². The first kappa shape index (κ1) is 15.2. The summed E-state index contributed by atoms with van der Waals surface area (Å²) in [4.78, 5) is 11.6. The Kier molecular flexibility index (Phi) is 7.05. The van der Waals surface area contributed by atoms with Crippen LogP contribution in [-0.4, -0.2) is 29.6 Å². The van der Waals surface area contributed by atoms with Crippen LogP contribution < -0.4 is 16.0 Å². The molecule has 0 fully saturated rings. The SMILES string of the molecule is CC(C)CNC(=S)NC(C)C(=O)NC(C)C. The minimum atomic E-state index is -0.311. The molecule has 0 spiro atoms. The Morgan fingerprint density at radius 3 is 2.12 bits per heavy atom. The van der Waals surface area contributed by atoms with Crippen LogP contribution in [0, 0.1) is 5.92 Å². The Morgan fingerprint density at radius 1 is 1.12 bits per heavy atom. The first-order chi connectivity index (χ1) is 7.32. The lowest BCUT2D eigenvalue weighted by molar-refractivity contribution is -0.122. The molecule has 0 heterocycles. The number of carbonyl (C=O) groups is 1. The molecule has 0 aromatic carbocycles. The third-order valence-corrected chi connectivity index (χ3v) is 2.10. The maximum atomic E-state index is 11.6. The third-order valence-electron chi connectivity index (χ3n) is 1.84. The van der Waals surface area contributed by atoms with Crippen molar-refractivity contribution < 1.29 is 4.79 Å². The van der Waals surface area contributed by atoms with Gasteiger partial charge in [0.2, 0.25) is 5.91 Å². The van der Waals surface area contributed by atoms with Gasteiger partial charge in [-0.25, -0.2) is 0 Å². The van der Waals surface area contributed by atoms with Crippen molar-refractivity contribution in [1.82, 2.24) is 16.0 Å². The Bertz CT molecular complexity index is 241. The second kappa shape index (κ2) is 7.44. The highest BCUT2D eigenvalue weighted by Gasteiger charge is 2.14. The fourth-order valence-electron chi connectivity index (χ4n) is 1.02. The summed E-state index contributed by atoms with van der Waals surface area (Å²) in [7, 11) is 0. The lowest BCUT2D eigenvalue weighted by atomic mass is 10.2. The number of hydrogen-bond acceptors (Lipinski definition) is 2. The van der Waals surface area contributed by atoms with Crippen LogP contribution >= 0.6 is 12.2 Å². The van der Waals surface area contributed by atoms with Crippen LogP contribution in [-0.2, 0) is 4.79 Å². The molecule has 0 aliphatic rings. The lowest BCUT2D eigenvalue weighted by Gasteiger charge is -2.18. The van der Waals surface area contributed by atoms with Crippen LogP contribution in [0.25, 0.3) is 0 Å². The van der Waals surface area contributed by atoms with E-state index in [4.69, 9.17) is 12.2 Å². The molecule has 16 heavy (non-hydrogen) atoms. The molecule has 0 radical (unpaired) electrons. The van der Waals surface area contributed by atoms with Crippen LogP contribution in [0.15, 0.2) is 0 Å². The highest BCUT2D eigenvalue weighted by atomic mass is 32.1. The normalized spacial score (nSPS) is 12.4. The van der Waals surface area contributed by atoms with E-state index < -0.39 is 0 Å². The molecule has 0 rings (SSSR count). The minimum absolute atomic E-state index is 0.0382. The van der Waals surface area contributed by atoms with Crippen LogP contribution in [0.3, 0.4) is 0 Å². The summed E-state index contributed by atoms with van der Waals surface area (Å²) in [6.07, 6.45) is 0. The zero-order valence-corrected chi connectivity index (χ0v) is 11.6. The monoisotopic (exact) mass is 245 g/mol. The summed E-state index contributed by atoms with van der Waals surface area (Å²) in [6.45, 7) is 10.7. The van der Waals surface area contributed by atoms with Gasteiger partial charge in [0.05, 0.1) is 0 Å². The average molecular weight is 245 g/mol. The molecule has 0 saturated heterocycles. The standard InChI is InChI=1S/C11H23N3OS/c1-7(2)6-12-11(16)14-9(5)10(15)13-8(3)4/h7-9H,6H2,1-5H3,(H,13,15)(H2,12,14,16). The maximum Gasteiger partial charge on any atom is 0.242 e. The molecule has 0 aliphatic carbocycles. The van der Waals surface area contributed by atoms with E-state index in [-0.39, 0.29) is 18.0 Å². The Hall–Kier alpha value is -0.840. The van der Waals surface area contributed by atoms with E-state index in [0.717, 1.165) is 6.54 Å². The molecule has 5 heteroatoms. The van der Waals surface area contributed by atoms with E-state index in [1.807, 2.05) is 13.8 Å². The number of nitrogens with one attached hydrogen (secondary N) is 3. The summed E-state index contributed by atoms with van der Waals surface area (Å²) in [5, 5.41) is 9.36. The van der Waals surface area contributed by atoms with Crippen molar-refractivity contribution in [3.8, 4) is 0 Å². The van der Waals surface area contributed by atoms with Gasteiger partial charge in [-0.2, -0.15) is 0 Å². The quantitative estimate of drug-likeness (QED) is 0.633. The topological polar surface area (TPSA) is 53.2 Å². The van der Waals surface area contributed by atoms with Gasteiger partial charge < -0.3 is 16.0 Å². The predicted molar refractivity (Wildman–Crippen MR) is 71.3 cm³/mol. The van der Waals surface area contributed by atoms with E-state index in [1.165, 1.54) is 0 Å². The highest BCUT2D eigenvalue weighted by Crippen LogP contribution is 1.89. The number of amides is 1.